The highest BCUT2D eigenvalue weighted by molar-refractivity contribution is 6.17. The smallest absolute Gasteiger partial charge is 0.150 e. The summed E-state index contributed by atoms with van der Waals surface area (Å²) in [7, 11) is 0. The van der Waals surface area contributed by atoms with E-state index in [4.69, 9.17) is 16.3 Å². The fraction of sp³-hybridized carbons (Fsp3) is 0.632. The number of alkyl halides is 1. The zero-order valence-electron chi connectivity index (χ0n) is 15.4. The summed E-state index contributed by atoms with van der Waals surface area (Å²) in [6.07, 6.45) is 0.0458. The van der Waals surface area contributed by atoms with Gasteiger partial charge < -0.3 is 14.9 Å². The van der Waals surface area contributed by atoms with Crippen LogP contribution in [0.4, 0.5) is 0 Å². The molecule has 24 heavy (non-hydrogen) atoms. The first-order valence-electron chi connectivity index (χ1n) is 8.13. The number of carbonyl (C=O) groups excluding carboxylic acids is 1. The molecule has 1 atom stereocenters. The molecule has 0 radical (unpaired) electrons. The Bertz CT molecular complexity index is 583. The fourth-order valence-electron chi connectivity index (χ4n) is 2.90. The standard InChI is InChI=1S/C19H29ClO4/c1-18(2,3)13-9-12(10-21)15(14(11-22)24-8-7-20)16(17(13)23)19(4,5)6/h9-10,14,22-23H,7-8,11H2,1-6H3. The normalized spacial score (nSPS) is 13.8. The summed E-state index contributed by atoms with van der Waals surface area (Å²) in [5.41, 5.74) is 1.53. The van der Waals surface area contributed by atoms with E-state index in [0.29, 0.717) is 22.3 Å². The van der Waals surface area contributed by atoms with Gasteiger partial charge in [-0.3, -0.25) is 4.79 Å². The van der Waals surface area contributed by atoms with Gasteiger partial charge in [-0.2, -0.15) is 0 Å². The molecule has 1 aromatic rings. The van der Waals surface area contributed by atoms with Crippen LogP contribution < -0.4 is 0 Å². The molecule has 136 valence electrons. The van der Waals surface area contributed by atoms with Crippen molar-refractivity contribution in [2.75, 3.05) is 19.1 Å². The predicted octanol–water partition coefficient (Wildman–Crippen LogP) is 4.09. The SMILES string of the molecule is CC(C)(C)c1cc(C=O)c(C(CO)OCCCl)c(C(C)(C)C)c1O. The van der Waals surface area contributed by atoms with Crippen LogP contribution in [-0.4, -0.2) is 35.6 Å². The molecule has 1 unspecified atom stereocenters. The lowest BCUT2D eigenvalue weighted by molar-refractivity contribution is 0.0184. The van der Waals surface area contributed by atoms with E-state index in [9.17, 15) is 15.0 Å². The zero-order chi connectivity index (χ0) is 18.7. The number of aliphatic hydroxyl groups excluding tert-OH is 1. The van der Waals surface area contributed by atoms with Gasteiger partial charge in [-0.05, 0) is 16.9 Å². The maximum Gasteiger partial charge on any atom is 0.150 e. The van der Waals surface area contributed by atoms with Crippen LogP contribution in [-0.2, 0) is 15.6 Å². The molecular weight excluding hydrogens is 328 g/mol. The van der Waals surface area contributed by atoms with Gasteiger partial charge in [0.15, 0.2) is 0 Å². The molecule has 0 aliphatic heterocycles. The number of hydrogen-bond acceptors (Lipinski definition) is 4. The number of hydrogen-bond donors (Lipinski definition) is 2. The van der Waals surface area contributed by atoms with Crippen LogP contribution in [0.25, 0.3) is 0 Å². The maximum absolute atomic E-state index is 11.7. The average Bonchev–Trinajstić information content (AvgIpc) is 2.45. The molecule has 0 aliphatic rings. The van der Waals surface area contributed by atoms with Crippen molar-refractivity contribution < 1.29 is 19.7 Å². The van der Waals surface area contributed by atoms with E-state index < -0.39 is 11.5 Å². The number of benzene rings is 1. The molecule has 0 heterocycles. The van der Waals surface area contributed by atoms with Gasteiger partial charge in [0, 0.05) is 28.1 Å². The maximum atomic E-state index is 11.7. The summed E-state index contributed by atoms with van der Waals surface area (Å²) in [6.45, 7) is 11.8. The first-order valence-corrected chi connectivity index (χ1v) is 8.66. The molecule has 1 aromatic carbocycles. The van der Waals surface area contributed by atoms with E-state index in [-0.39, 0.29) is 30.3 Å². The number of ether oxygens (including phenoxy) is 1. The second-order valence-corrected chi connectivity index (χ2v) is 8.38. The molecule has 0 aromatic heterocycles. The summed E-state index contributed by atoms with van der Waals surface area (Å²) in [6, 6.07) is 1.69. The van der Waals surface area contributed by atoms with E-state index in [2.05, 4.69) is 0 Å². The van der Waals surface area contributed by atoms with Crippen LogP contribution in [0.3, 0.4) is 0 Å². The topological polar surface area (TPSA) is 66.8 Å². The van der Waals surface area contributed by atoms with E-state index in [1.54, 1.807) is 6.07 Å². The van der Waals surface area contributed by atoms with Gasteiger partial charge in [0.1, 0.15) is 18.1 Å². The average molecular weight is 357 g/mol. The molecule has 0 aliphatic carbocycles. The van der Waals surface area contributed by atoms with Gasteiger partial charge in [-0.25, -0.2) is 0 Å². The Kier molecular flexibility index (Phi) is 6.85. The van der Waals surface area contributed by atoms with Crippen LogP contribution in [0.1, 0.15) is 74.7 Å². The third-order valence-corrected chi connectivity index (χ3v) is 4.10. The van der Waals surface area contributed by atoms with E-state index >= 15 is 0 Å². The Hall–Kier alpha value is -1.10. The number of halogens is 1. The Labute approximate surface area is 149 Å². The van der Waals surface area contributed by atoms with E-state index in [0.717, 1.165) is 6.29 Å². The molecule has 0 saturated carbocycles. The van der Waals surface area contributed by atoms with Gasteiger partial charge >= 0.3 is 0 Å². The first-order chi connectivity index (χ1) is 11.0. The number of aliphatic hydroxyl groups is 1. The molecule has 0 fully saturated rings. The van der Waals surface area contributed by atoms with Crippen molar-refractivity contribution in [2.45, 2.75) is 58.5 Å². The van der Waals surface area contributed by atoms with Crippen LogP contribution in [0.5, 0.6) is 5.75 Å². The number of phenols is 1. The largest absolute Gasteiger partial charge is 0.507 e. The highest BCUT2D eigenvalue weighted by atomic mass is 35.5. The van der Waals surface area contributed by atoms with Crippen molar-refractivity contribution in [3.8, 4) is 5.75 Å². The minimum atomic E-state index is -0.710. The third kappa shape index (κ3) is 4.50. The highest BCUT2D eigenvalue weighted by Crippen LogP contribution is 2.44. The van der Waals surface area contributed by atoms with Crippen molar-refractivity contribution in [3.63, 3.8) is 0 Å². The van der Waals surface area contributed by atoms with Crippen molar-refractivity contribution >= 4 is 17.9 Å². The lowest BCUT2D eigenvalue weighted by Gasteiger charge is -2.32. The minimum Gasteiger partial charge on any atom is -0.507 e. The van der Waals surface area contributed by atoms with Gasteiger partial charge in [0.05, 0.1) is 13.2 Å². The molecule has 0 bridgehead atoms. The molecule has 0 spiro atoms. The Morgan fingerprint density at radius 1 is 1.21 bits per heavy atom. The zero-order valence-corrected chi connectivity index (χ0v) is 16.2. The van der Waals surface area contributed by atoms with Crippen LogP contribution in [0.15, 0.2) is 6.07 Å². The molecule has 0 saturated heterocycles. The molecule has 2 N–H and O–H groups in total. The minimum absolute atomic E-state index is 0.156. The summed E-state index contributed by atoms with van der Waals surface area (Å²) >= 11 is 5.68. The molecule has 1 rings (SSSR count). The van der Waals surface area contributed by atoms with E-state index in [1.807, 2.05) is 41.5 Å². The highest BCUT2D eigenvalue weighted by Gasteiger charge is 2.33. The molecular formula is C19H29ClO4. The Morgan fingerprint density at radius 3 is 2.17 bits per heavy atom. The van der Waals surface area contributed by atoms with Crippen molar-refractivity contribution in [1.82, 2.24) is 0 Å². The van der Waals surface area contributed by atoms with Gasteiger partial charge in [0.2, 0.25) is 0 Å². The summed E-state index contributed by atoms with van der Waals surface area (Å²) in [4.78, 5) is 11.7. The molecule has 0 amide bonds. The van der Waals surface area contributed by atoms with Gasteiger partial charge in [-0.15, -0.1) is 11.6 Å². The summed E-state index contributed by atoms with van der Waals surface area (Å²) < 4.78 is 5.63. The number of phenolic OH excluding ortho intramolecular Hbond substituents is 1. The van der Waals surface area contributed by atoms with Crippen LogP contribution >= 0.6 is 11.6 Å². The summed E-state index contributed by atoms with van der Waals surface area (Å²) in [5.74, 6) is 0.438. The fourth-order valence-corrected chi connectivity index (χ4v) is 2.99. The quantitative estimate of drug-likeness (QED) is 0.595. The van der Waals surface area contributed by atoms with Crippen molar-refractivity contribution in [3.05, 3.63) is 28.3 Å². The van der Waals surface area contributed by atoms with Crippen LogP contribution in [0.2, 0.25) is 0 Å². The number of aldehydes is 1. The number of carbonyl (C=O) groups is 1. The lowest BCUT2D eigenvalue weighted by atomic mass is 9.74. The second kappa shape index (κ2) is 7.85. The lowest BCUT2D eigenvalue weighted by Crippen LogP contribution is -2.24. The van der Waals surface area contributed by atoms with Crippen molar-refractivity contribution in [1.29, 1.82) is 0 Å². The second-order valence-electron chi connectivity index (χ2n) is 8.00. The van der Waals surface area contributed by atoms with Crippen molar-refractivity contribution in [2.24, 2.45) is 0 Å². The van der Waals surface area contributed by atoms with Gasteiger partial charge in [0.25, 0.3) is 0 Å². The molecule has 4 nitrogen and oxygen atoms in total. The molecule has 5 heteroatoms. The number of aromatic hydroxyl groups is 1. The van der Waals surface area contributed by atoms with Gasteiger partial charge in [-0.1, -0.05) is 41.5 Å². The predicted molar refractivity (Wildman–Crippen MR) is 97.4 cm³/mol. The monoisotopic (exact) mass is 356 g/mol. The Balaban J connectivity index is 3.79. The summed E-state index contributed by atoms with van der Waals surface area (Å²) in [5, 5.41) is 20.7. The third-order valence-electron chi connectivity index (χ3n) is 3.94. The van der Waals surface area contributed by atoms with Crippen LogP contribution in [0, 0.1) is 0 Å². The Morgan fingerprint density at radius 2 is 1.79 bits per heavy atom. The first kappa shape index (κ1) is 20.9. The number of rotatable bonds is 6. The van der Waals surface area contributed by atoms with E-state index in [1.165, 1.54) is 0 Å².